The van der Waals surface area contributed by atoms with E-state index < -0.39 is 11.2 Å². The predicted molar refractivity (Wildman–Crippen MR) is 61.5 cm³/mol. The van der Waals surface area contributed by atoms with Gasteiger partial charge >= 0.3 is 0 Å². The van der Waals surface area contributed by atoms with Crippen molar-refractivity contribution in [3.63, 3.8) is 0 Å². The molecule has 0 rings (SSSR count). The molecule has 0 aromatic rings. The highest BCUT2D eigenvalue weighted by Crippen LogP contribution is 2.24. The van der Waals surface area contributed by atoms with Crippen LogP contribution in [0.5, 0.6) is 0 Å². The van der Waals surface area contributed by atoms with Crippen molar-refractivity contribution >= 4 is 23.4 Å². The molecule has 4 heteroatoms. The second kappa shape index (κ2) is 4.62. The number of rotatable bonds is 5. The molecule has 2 nitrogen and oxygen atoms in total. The molecular formula is C9H18BBrO2. The van der Waals surface area contributed by atoms with Crippen molar-refractivity contribution in [2.45, 2.75) is 43.6 Å². The number of aliphatic hydroxyl groups is 1. The van der Waals surface area contributed by atoms with Gasteiger partial charge < -0.3 is 9.76 Å². The fourth-order valence-corrected chi connectivity index (χ4v) is 0.665. The van der Waals surface area contributed by atoms with E-state index in [1.807, 2.05) is 13.8 Å². The summed E-state index contributed by atoms with van der Waals surface area (Å²) in [7, 11) is 0.514. The highest BCUT2D eigenvalue weighted by molar-refractivity contribution is 9.10. The van der Waals surface area contributed by atoms with E-state index in [1.54, 1.807) is 19.9 Å². The van der Waals surface area contributed by atoms with Crippen molar-refractivity contribution in [2.75, 3.05) is 0 Å². The normalized spacial score (nSPS) is 15.2. The first-order valence-corrected chi connectivity index (χ1v) is 5.25. The Labute approximate surface area is 89.8 Å². The Morgan fingerprint density at radius 1 is 1.46 bits per heavy atom. The molecule has 0 amide bonds. The van der Waals surface area contributed by atoms with Crippen LogP contribution in [-0.4, -0.2) is 28.5 Å². The first-order valence-electron chi connectivity index (χ1n) is 4.33. The van der Waals surface area contributed by atoms with E-state index in [0.717, 1.165) is 0 Å². The van der Waals surface area contributed by atoms with E-state index in [9.17, 15) is 5.11 Å². The van der Waals surface area contributed by atoms with Crippen LogP contribution in [0.25, 0.3) is 0 Å². The third kappa shape index (κ3) is 4.29. The lowest BCUT2D eigenvalue weighted by molar-refractivity contribution is -0.0902. The van der Waals surface area contributed by atoms with E-state index in [1.165, 1.54) is 0 Å². The Hall–Kier alpha value is 0.205. The average Bonchev–Trinajstić information content (AvgIpc) is 1.98. The highest BCUT2D eigenvalue weighted by Gasteiger charge is 2.35. The van der Waals surface area contributed by atoms with Gasteiger partial charge in [-0.1, -0.05) is 22.0 Å². The molecule has 1 atom stereocenters. The number of allylic oxidation sites excluding steroid dienone is 1. The standard InChI is InChI=1S/C9H18BBrO2/c1-6-7(11)10-13-9(4,5)8(2,3)12/h6-7,10,12H,1H2,2-5H3. The molecule has 1 N–H and O–H groups in total. The summed E-state index contributed by atoms with van der Waals surface area (Å²) < 4.78 is 5.71. The highest BCUT2D eigenvalue weighted by atomic mass is 79.9. The monoisotopic (exact) mass is 248 g/mol. The second-order valence-corrected chi connectivity index (χ2v) is 5.31. The van der Waals surface area contributed by atoms with Crippen LogP contribution in [0, 0.1) is 0 Å². The Balaban J connectivity index is 4.11. The first kappa shape index (κ1) is 13.2. The van der Waals surface area contributed by atoms with Gasteiger partial charge in [-0.15, -0.1) is 6.58 Å². The van der Waals surface area contributed by atoms with Gasteiger partial charge in [0.25, 0.3) is 7.48 Å². The third-order valence-corrected chi connectivity index (χ3v) is 2.97. The lowest BCUT2D eigenvalue weighted by Crippen LogP contribution is -2.48. The molecule has 0 bridgehead atoms. The number of alkyl halides is 1. The fourth-order valence-electron chi connectivity index (χ4n) is 0.533. The van der Waals surface area contributed by atoms with Gasteiger partial charge in [0, 0.05) is 4.73 Å². The summed E-state index contributed by atoms with van der Waals surface area (Å²) in [5.41, 5.74) is -1.40. The quantitative estimate of drug-likeness (QED) is 0.457. The number of hydrogen-bond acceptors (Lipinski definition) is 2. The maximum absolute atomic E-state index is 9.76. The van der Waals surface area contributed by atoms with Gasteiger partial charge in [-0.2, -0.15) is 0 Å². The van der Waals surface area contributed by atoms with Crippen molar-refractivity contribution in [1.29, 1.82) is 0 Å². The van der Waals surface area contributed by atoms with Gasteiger partial charge in [-0.3, -0.25) is 0 Å². The zero-order valence-electron chi connectivity index (χ0n) is 8.80. The minimum absolute atomic E-state index is 0.133. The van der Waals surface area contributed by atoms with Crippen LogP contribution in [0.1, 0.15) is 27.7 Å². The average molecular weight is 249 g/mol. The third-order valence-electron chi connectivity index (χ3n) is 2.33. The number of halogens is 1. The molecule has 0 aliphatic carbocycles. The minimum atomic E-state index is -0.846. The van der Waals surface area contributed by atoms with Gasteiger partial charge in [0.15, 0.2) is 0 Å². The lowest BCUT2D eigenvalue weighted by Gasteiger charge is -2.38. The van der Waals surface area contributed by atoms with Crippen molar-refractivity contribution in [1.82, 2.24) is 0 Å². The molecule has 0 spiro atoms. The summed E-state index contributed by atoms with van der Waals surface area (Å²) in [6.45, 7) is 10.9. The van der Waals surface area contributed by atoms with E-state index in [2.05, 4.69) is 22.5 Å². The molecule has 0 aliphatic heterocycles. The SMILES string of the molecule is C=CC(Br)BOC(C)(C)C(C)(C)O. The van der Waals surface area contributed by atoms with Crippen LogP contribution in [0.15, 0.2) is 12.7 Å². The molecule has 0 fully saturated rings. The Kier molecular flexibility index (Phi) is 4.70. The van der Waals surface area contributed by atoms with E-state index in [-0.39, 0.29) is 4.73 Å². The summed E-state index contributed by atoms with van der Waals surface area (Å²) in [5, 5.41) is 9.76. The molecule has 0 radical (unpaired) electrons. The van der Waals surface area contributed by atoms with Gasteiger partial charge in [0.1, 0.15) is 0 Å². The molecule has 0 aromatic heterocycles. The van der Waals surface area contributed by atoms with E-state index in [0.29, 0.717) is 7.48 Å². The fraction of sp³-hybridized carbons (Fsp3) is 0.778. The molecule has 0 saturated carbocycles. The van der Waals surface area contributed by atoms with Crippen molar-refractivity contribution in [2.24, 2.45) is 0 Å². The van der Waals surface area contributed by atoms with Gasteiger partial charge in [0.2, 0.25) is 0 Å². The van der Waals surface area contributed by atoms with Crippen LogP contribution in [0.2, 0.25) is 0 Å². The van der Waals surface area contributed by atoms with Crippen molar-refractivity contribution in [3.05, 3.63) is 12.7 Å². The topological polar surface area (TPSA) is 29.5 Å². The first-order chi connectivity index (χ1) is 5.70. The molecule has 0 aliphatic rings. The maximum atomic E-state index is 9.76. The van der Waals surface area contributed by atoms with Gasteiger partial charge in [-0.25, -0.2) is 0 Å². The smallest absolute Gasteiger partial charge is 0.293 e. The Morgan fingerprint density at radius 2 is 1.92 bits per heavy atom. The minimum Gasteiger partial charge on any atom is -0.430 e. The van der Waals surface area contributed by atoms with E-state index >= 15 is 0 Å². The Morgan fingerprint density at radius 3 is 2.23 bits per heavy atom. The molecule has 0 heterocycles. The van der Waals surface area contributed by atoms with Gasteiger partial charge in [0.05, 0.1) is 11.2 Å². The Bertz CT molecular complexity index is 175. The summed E-state index contributed by atoms with van der Waals surface area (Å²) in [4.78, 5) is 0. The second-order valence-electron chi connectivity index (χ2n) is 4.13. The van der Waals surface area contributed by atoms with Crippen LogP contribution in [0.3, 0.4) is 0 Å². The molecule has 0 saturated heterocycles. The summed E-state index contributed by atoms with van der Waals surface area (Å²) in [6.07, 6.45) is 1.76. The van der Waals surface area contributed by atoms with Crippen molar-refractivity contribution < 1.29 is 9.76 Å². The van der Waals surface area contributed by atoms with Crippen LogP contribution >= 0.6 is 15.9 Å². The lowest BCUT2D eigenvalue weighted by atomic mass is 9.85. The molecule has 76 valence electrons. The largest absolute Gasteiger partial charge is 0.430 e. The molecule has 13 heavy (non-hydrogen) atoms. The number of hydrogen-bond donors (Lipinski definition) is 1. The van der Waals surface area contributed by atoms with Crippen LogP contribution in [0.4, 0.5) is 0 Å². The molecule has 0 aromatic carbocycles. The maximum Gasteiger partial charge on any atom is 0.293 e. The molecule has 1 unspecified atom stereocenters. The van der Waals surface area contributed by atoms with Crippen LogP contribution in [-0.2, 0) is 4.65 Å². The summed E-state index contributed by atoms with van der Waals surface area (Å²) >= 11 is 3.37. The summed E-state index contributed by atoms with van der Waals surface area (Å²) in [6, 6.07) is 0. The van der Waals surface area contributed by atoms with Crippen molar-refractivity contribution in [3.8, 4) is 0 Å². The predicted octanol–water partition coefficient (Wildman–Crippen LogP) is 1.81. The summed E-state index contributed by atoms with van der Waals surface area (Å²) in [5.74, 6) is 0. The zero-order valence-corrected chi connectivity index (χ0v) is 10.4. The van der Waals surface area contributed by atoms with Gasteiger partial charge in [-0.05, 0) is 27.7 Å². The van der Waals surface area contributed by atoms with Crippen LogP contribution < -0.4 is 0 Å². The zero-order chi connectivity index (χ0) is 10.7. The molecular weight excluding hydrogens is 231 g/mol. The van der Waals surface area contributed by atoms with E-state index in [4.69, 9.17) is 4.65 Å².